The molecule has 0 unspecified atom stereocenters. The summed E-state index contributed by atoms with van der Waals surface area (Å²) in [7, 11) is 0. The Morgan fingerprint density at radius 3 is 2.48 bits per heavy atom. The smallest absolute Gasteiger partial charge is 0.227 e. The molecule has 6 heteroatoms. The Hall–Kier alpha value is -2.37. The Balaban J connectivity index is 1.61. The molecule has 2 N–H and O–H groups in total. The largest absolute Gasteiger partial charge is 0.353 e. The van der Waals surface area contributed by atoms with E-state index in [0.29, 0.717) is 17.9 Å². The van der Waals surface area contributed by atoms with Crippen molar-refractivity contribution in [2.75, 3.05) is 16.8 Å². The SMILES string of the molecule is CC(=O)Nc1cccc(N2C[C@H](C(=O)NC3CCCCCCC3)CC2=O)c1. The number of nitrogens with zero attached hydrogens (tertiary/aromatic N) is 1. The molecule has 1 saturated heterocycles. The molecular formula is C21H29N3O3. The van der Waals surface area contributed by atoms with Crippen LogP contribution in [0.2, 0.25) is 0 Å². The molecule has 6 nitrogen and oxygen atoms in total. The van der Waals surface area contributed by atoms with Gasteiger partial charge in [0.25, 0.3) is 0 Å². The molecule has 1 aromatic carbocycles. The number of nitrogens with one attached hydrogen (secondary N) is 2. The maximum atomic E-state index is 12.7. The van der Waals surface area contributed by atoms with E-state index in [1.54, 1.807) is 23.1 Å². The van der Waals surface area contributed by atoms with Crippen LogP contribution in [0.3, 0.4) is 0 Å². The van der Waals surface area contributed by atoms with Gasteiger partial charge in [-0.1, -0.05) is 38.2 Å². The first-order valence-electron chi connectivity index (χ1n) is 10.0. The van der Waals surface area contributed by atoms with Crippen molar-refractivity contribution in [3.63, 3.8) is 0 Å². The normalized spacial score (nSPS) is 21.4. The van der Waals surface area contributed by atoms with E-state index in [2.05, 4.69) is 10.6 Å². The van der Waals surface area contributed by atoms with Crippen molar-refractivity contribution in [3.05, 3.63) is 24.3 Å². The van der Waals surface area contributed by atoms with Crippen LogP contribution >= 0.6 is 0 Å². The van der Waals surface area contributed by atoms with E-state index >= 15 is 0 Å². The molecule has 1 aromatic rings. The number of anilines is 2. The van der Waals surface area contributed by atoms with Gasteiger partial charge >= 0.3 is 0 Å². The number of carbonyl (C=O) groups is 3. The first-order chi connectivity index (χ1) is 13.0. The van der Waals surface area contributed by atoms with Crippen molar-refractivity contribution in [2.24, 2.45) is 5.92 Å². The van der Waals surface area contributed by atoms with E-state index in [1.807, 2.05) is 6.07 Å². The molecule has 3 amide bonds. The van der Waals surface area contributed by atoms with Crippen LogP contribution in [0, 0.1) is 5.92 Å². The van der Waals surface area contributed by atoms with Crippen molar-refractivity contribution in [1.29, 1.82) is 0 Å². The van der Waals surface area contributed by atoms with Gasteiger partial charge in [0.05, 0.1) is 5.92 Å². The highest BCUT2D eigenvalue weighted by atomic mass is 16.2. The van der Waals surface area contributed by atoms with Crippen molar-refractivity contribution < 1.29 is 14.4 Å². The number of carbonyl (C=O) groups excluding carboxylic acids is 3. The summed E-state index contributed by atoms with van der Waals surface area (Å²) in [5.41, 5.74) is 1.36. The summed E-state index contributed by atoms with van der Waals surface area (Å²) in [4.78, 5) is 38.1. The summed E-state index contributed by atoms with van der Waals surface area (Å²) in [6, 6.07) is 7.43. The summed E-state index contributed by atoms with van der Waals surface area (Å²) >= 11 is 0. The highest BCUT2D eigenvalue weighted by Crippen LogP contribution is 2.28. The van der Waals surface area contributed by atoms with Gasteiger partial charge in [0.15, 0.2) is 0 Å². The van der Waals surface area contributed by atoms with Crippen molar-refractivity contribution in [1.82, 2.24) is 5.32 Å². The lowest BCUT2D eigenvalue weighted by molar-refractivity contribution is -0.127. The van der Waals surface area contributed by atoms with Crippen LogP contribution in [-0.4, -0.2) is 30.3 Å². The first-order valence-corrected chi connectivity index (χ1v) is 10.0. The zero-order valence-electron chi connectivity index (χ0n) is 16.0. The van der Waals surface area contributed by atoms with Crippen molar-refractivity contribution >= 4 is 29.1 Å². The van der Waals surface area contributed by atoms with Crippen LogP contribution in [-0.2, 0) is 14.4 Å². The summed E-state index contributed by atoms with van der Waals surface area (Å²) < 4.78 is 0. The predicted octanol–water partition coefficient (Wildman–Crippen LogP) is 3.23. The Labute approximate surface area is 160 Å². The van der Waals surface area contributed by atoms with Crippen LogP contribution in [0.25, 0.3) is 0 Å². The highest BCUT2D eigenvalue weighted by Gasteiger charge is 2.35. The van der Waals surface area contributed by atoms with Gasteiger partial charge in [-0.25, -0.2) is 0 Å². The molecule has 3 rings (SSSR count). The van der Waals surface area contributed by atoms with Crippen LogP contribution in [0.4, 0.5) is 11.4 Å². The number of benzene rings is 1. The molecule has 1 saturated carbocycles. The minimum atomic E-state index is -0.313. The molecule has 0 radical (unpaired) electrons. The third kappa shape index (κ3) is 5.31. The van der Waals surface area contributed by atoms with Crippen LogP contribution in [0.5, 0.6) is 0 Å². The molecule has 1 atom stereocenters. The maximum Gasteiger partial charge on any atom is 0.227 e. The minimum absolute atomic E-state index is 0.00515. The van der Waals surface area contributed by atoms with Crippen LogP contribution in [0.15, 0.2) is 24.3 Å². The van der Waals surface area contributed by atoms with Crippen molar-refractivity contribution in [2.45, 2.75) is 64.3 Å². The number of hydrogen-bond donors (Lipinski definition) is 2. The second kappa shape index (κ2) is 9.02. The summed E-state index contributed by atoms with van der Waals surface area (Å²) in [6.45, 7) is 1.84. The lowest BCUT2D eigenvalue weighted by Gasteiger charge is -2.23. The average molecular weight is 371 g/mol. The van der Waals surface area contributed by atoms with Crippen molar-refractivity contribution in [3.8, 4) is 0 Å². The molecular weight excluding hydrogens is 342 g/mol. The van der Waals surface area contributed by atoms with E-state index in [0.717, 1.165) is 25.7 Å². The lowest BCUT2D eigenvalue weighted by atomic mass is 9.96. The molecule has 146 valence electrons. The lowest BCUT2D eigenvalue weighted by Crippen LogP contribution is -2.40. The van der Waals surface area contributed by atoms with Crippen LogP contribution in [0.1, 0.15) is 58.3 Å². The topological polar surface area (TPSA) is 78.5 Å². The third-order valence-electron chi connectivity index (χ3n) is 5.43. The van der Waals surface area contributed by atoms with Gasteiger partial charge in [0, 0.05) is 37.3 Å². The van der Waals surface area contributed by atoms with E-state index in [9.17, 15) is 14.4 Å². The third-order valence-corrected chi connectivity index (χ3v) is 5.43. The fourth-order valence-electron chi connectivity index (χ4n) is 4.01. The van der Waals surface area contributed by atoms with E-state index in [-0.39, 0.29) is 36.1 Å². The van der Waals surface area contributed by atoms with Crippen LogP contribution < -0.4 is 15.5 Å². The first kappa shape index (κ1) is 19.4. The Morgan fingerprint density at radius 1 is 1.07 bits per heavy atom. The van der Waals surface area contributed by atoms with Gasteiger partial charge < -0.3 is 15.5 Å². The standard InChI is InChI=1S/C21H29N3O3/c1-15(25)22-18-10-7-11-19(13-18)24-14-16(12-20(24)26)21(27)23-17-8-5-3-2-4-6-9-17/h7,10-11,13,16-17H,2-6,8-9,12,14H2,1H3,(H,22,25)(H,23,27)/t16-/m1/s1. The average Bonchev–Trinajstić information content (AvgIpc) is 2.99. The maximum absolute atomic E-state index is 12.7. The molecule has 0 aromatic heterocycles. The second-order valence-electron chi connectivity index (χ2n) is 7.69. The van der Waals surface area contributed by atoms with E-state index < -0.39 is 0 Å². The Morgan fingerprint density at radius 2 is 1.78 bits per heavy atom. The summed E-state index contributed by atoms with van der Waals surface area (Å²) in [6.07, 6.45) is 8.42. The monoisotopic (exact) mass is 371 g/mol. The molecule has 2 fully saturated rings. The van der Waals surface area contributed by atoms with Gasteiger partial charge in [-0.3, -0.25) is 14.4 Å². The fourth-order valence-corrected chi connectivity index (χ4v) is 4.01. The van der Waals surface area contributed by atoms with Gasteiger partial charge in [0.2, 0.25) is 17.7 Å². The zero-order chi connectivity index (χ0) is 19.2. The van der Waals surface area contributed by atoms with Gasteiger partial charge in [-0.15, -0.1) is 0 Å². The zero-order valence-corrected chi connectivity index (χ0v) is 16.0. The molecule has 1 aliphatic carbocycles. The molecule has 0 bridgehead atoms. The molecule has 0 spiro atoms. The van der Waals surface area contributed by atoms with E-state index in [1.165, 1.54) is 26.2 Å². The number of amides is 3. The second-order valence-corrected chi connectivity index (χ2v) is 7.69. The number of hydrogen-bond acceptors (Lipinski definition) is 3. The van der Waals surface area contributed by atoms with E-state index in [4.69, 9.17) is 0 Å². The molecule has 27 heavy (non-hydrogen) atoms. The Kier molecular flexibility index (Phi) is 6.48. The predicted molar refractivity (Wildman–Crippen MR) is 105 cm³/mol. The fraction of sp³-hybridized carbons (Fsp3) is 0.571. The minimum Gasteiger partial charge on any atom is -0.353 e. The molecule has 2 aliphatic rings. The number of rotatable bonds is 4. The van der Waals surface area contributed by atoms with Gasteiger partial charge in [0.1, 0.15) is 0 Å². The molecule has 1 aliphatic heterocycles. The van der Waals surface area contributed by atoms with Gasteiger partial charge in [-0.2, -0.15) is 0 Å². The van der Waals surface area contributed by atoms with Gasteiger partial charge in [-0.05, 0) is 31.0 Å². The summed E-state index contributed by atoms with van der Waals surface area (Å²) in [5, 5.41) is 5.91. The quantitative estimate of drug-likeness (QED) is 0.853. The Bertz CT molecular complexity index is 696. The summed E-state index contributed by atoms with van der Waals surface area (Å²) in [5.74, 6) is -0.522. The molecule has 1 heterocycles. The highest BCUT2D eigenvalue weighted by molar-refractivity contribution is 6.01.